The van der Waals surface area contributed by atoms with Crippen molar-refractivity contribution in [3.8, 4) is 0 Å². The zero-order valence-electron chi connectivity index (χ0n) is 17.0. The van der Waals surface area contributed by atoms with Crippen molar-refractivity contribution in [2.45, 2.75) is 44.1 Å². The zero-order valence-corrected chi connectivity index (χ0v) is 17.0. The number of pyridine rings is 1. The minimum atomic E-state index is -0.135. The molecule has 2 aliphatic heterocycles. The number of nitrogens with one attached hydrogen (secondary N) is 2. The van der Waals surface area contributed by atoms with E-state index in [9.17, 15) is 4.79 Å². The molecule has 7 nitrogen and oxygen atoms in total. The van der Waals surface area contributed by atoms with Gasteiger partial charge in [-0.3, -0.25) is 9.88 Å². The van der Waals surface area contributed by atoms with Crippen LogP contribution in [0.15, 0.2) is 12.3 Å². The highest BCUT2D eigenvalue weighted by Crippen LogP contribution is 2.29. The Kier molecular flexibility index (Phi) is 6.13. The number of morpholine rings is 1. The molecule has 0 atom stereocenters. The van der Waals surface area contributed by atoms with Crippen molar-refractivity contribution in [2.24, 2.45) is 0 Å². The third-order valence-corrected chi connectivity index (χ3v) is 6.61. The Morgan fingerprint density at radius 1 is 1.18 bits per heavy atom. The van der Waals surface area contributed by atoms with Crippen LogP contribution in [0.2, 0.25) is 0 Å². The molecule has 0 aromatic carbocycles. The Bertz CT molecular complexity index is 681. The first kappa shape index (κ1) is 19.6. The molecule has 2 amide bonds. The summed E-state index contributed by atoms with van der Waals surface area (Å²) in [6.07, 6.45) is 8.48. The van der Waals surface area contributed by atoms with Gasteiger partial charge in [0, 0.05) is 30.9 Å². The maximum atomic E-state index is 12.6. The first-order chi connectivity index (χ1) is 13.6. The monoisotopic (exact) mass is 387 g/mol. The summed E-state index contributed by atoms with van der Waals surface area (Å²) in [5.41, 5.74) is 3.29. The van der Waals surface area contributed by atoms with Crippen molar-refractivity contribution in [3.05, 3.63) is 23.5 Å². The van der Waals surface area contributed by atoms with Crippen LogP contribution >= 0.6 is 0 Å². The van der Waals surface area contributed by atoms with E-state index in [1.54, 1.807) is 6.20 Å². The van der Waals surface area contributed by atoms with E-state index in [4.69, 9.17) is 4.74 Å². The number of nitrogens with zero attached hydrogens (tertiary/aromatic N) is 3. The van der Waals surface area contributed by atoms with Crippen LogP contribution < -0.4 is 10.6 Å². The first-order valence-electron chi connectivity index (χ1n) is 10.7. The number of urea groups is 1. The number of anilines is 1. The zero-order chi connectivity index (χ0) is 19.4. The van der Waals surface area contributed by atoms with Gasteiger partial charge in [0.05, 0.1) is 25.1 Å². The van der Waals surface area contributed by atoms with Crippen LogP contribution in [0, 0.1) is 0 Å². The van der Waals surface area contributed by atoms with Gasteiger partial charge in [0.25, 0.3) is 0 Å². The molecule has 0 spiro atoms. The van der Waals surface area contributed by atoms with E-state index in [-0.39, 0.29) is 11.6 Å². The van der Waals surface area contributed by atoms with Gasteiger partial charge in [0.1, 0.15) is 0 Å². The summed E-state index contributed by atoms with van der Waals surface area (Å²) < 4.78 is 5.55. The lowest BCUT2D eigenvalue weighted by Gasteiger charge is -2.49. The van der Waals surface area contributed by atoms with Crippen molar-refractivity contribution in [2.75, 3.05) is 58.3 Å². The standard InChI is InChI=1S/C21H33N5O2/c1-25-8-6-21(7-9-25,26-10-12-28-13-11-26)16-23-20(27)24-18-14-17-4-2-3-5-19(17)22-15-18/h14-15H,2-13,16H2,1H3,(H2,23,24,27). The number of ether oxygens (including phenoxy) is 1. The van der Waals surface area contributed by atoms with Crippen LogP contribution in [0.4, 0.5) is 10.5 Å². The highest BCUT2D eigenvalue weighted by atomic mass is 16.5. The molecule has 3 heterocycles. The van der Waals surface area contributed by atoms with Gasteiger partial charge in [-0.25, -0.2) is 4.79 Å². The van der Waals surface area contributed by atoms with E-state index >= 15 is 0 Å². The van der Waals surface area contributed by atoms with Gasteiger partial charge in [-0.05, 0) is 70.3 Å². The lowest BCUT2D eigenvalue weighted by molar-refractivity contribution is -0.0434. The third-order valence-electron chi connectivity index (χ3n) is 6.61. The average molecular weight is 388 g/mol. The molecular formula is C21H33N5O2. The number of hydrogen-bond acceptors (Lipinski definition) is 5. The molecule has 0 unspecified atom stereocenters. The fourth-order valence-electron chi connectivity index (χ4n) is 4.75. The fraction of sp³-hybridized carbons (Fsp3) is 0.714. The minimum Gasteiger partial charge on any atom is -0.379 e. The number of piperidine rings is 1. The summed E-state index contributed by atoms with van der Waals surface area (Å²) in [5, 5.41) is 6.15. The van der Waals surface area contributed by atoms with Gasteiger partial charge in [-0.2, -0.15) is 0 Å². The maximum Gasteiger partial charge on any atom is 0.319 e. The summed E-state index contributed by atoms with van der Waals surface area (Å²) in [7, 11) is 2.17. The fourth-order valence-corrected chi connectivity index (χ4v) is 4.75. The lowest BCUT2D eigenvalue weighted by Crippen LogP contribution is -2.62. The van der Waals surface area contributed by atoms with E-state index in [1.165, 1.54) is 24.1 Å². The van der Waals surface area contributed by atoms with E-state index in [2.05, 4.69) is 38.5 Å². The largest absolute Gasteiger partial charge is 0.379 e. The van der Waals surface area contributed by atoms with Gasteiger partial charge in [-0.15, -0.1) is 0 Å². The summed E-state index contributed by atoms with van der Waals surface area (Å²) in [5.74, 6) is 0. The van der Waals surface area contributed by atoms with E-state index < -0.39 is 0 Å². The summed E-state index contributed by atoms with van der Waals surface area (Å²) >= 11 is 0. The van der Waals surface area contributed by atoms with Crippen LogP contribution in [0.25, 0.3) is 0 Å². The molecule has 3 aliphatic rings. The molecule has 0 radical (unpaired) electrons. The average Bonchev–Trinajstić information content (AvgIpc) is 2.74. The smallest absolute Gasteiger partial charge is 0.319 e. The number of amides is 2. The molecule has 2 N–H and O–H groups in total. The first-order valence-corrected chi connectivity index (χ1v) is 10.7. The molecule has 0 saturated carbocycles. The molecule has 1 aliphatic carbocycles. The van der Waals surface area contributed by atoms with Crippen molar-refractivity contribution < 1.29 is 9.53 Å². The van der Waals surface area contributed by atoms with E-state index in [0.717, 1.165) is 70.8 Å². The Morgan fingerprint density at radius 3 is 2.71 bits per heavy atom. The number of likely N-dealkylation sites (tertiary alicyclic amines) is 1. The molecule has 1 aromatic heterocycles. The molecular weight excluding hydrogens is 354 g/mol. The number of rotatable bonds is 4. The third kappa shape index (κ3) is 4.47. The van der Waals surface area contributed by atoms with Gasteiger partial charge < -0.3 is 20.3 Å². The Morgan fingerprint density at radius 2 is 1.93 bits per heavy atom. The summed E-state index contributed by atoms with van der Waals surface area (Å²) in [6, 6.07) is 1.96. The molecule has 2 saturated heterocycles. The van der Waals surface area contributed by atoms with Crippen LogP contribution in [-0.2, 0) is 17.6 Å². The predicted molar refractivity (Wildman–Crippen MR) is 110 cm³/mol. The maximum absolute atomic E-state index is 12.6. The molecule has 154 valence electrons. The molecule has 0 bridgehead atoms. The number of aryl methyl sites for hydroxylation is 2. The Labute approximate surface area is 167 Å². The van der Waals surface area contributed by atoms with Crippen molar-refractivity contribution in [1.82, 2.24) is 20.1 Å². The summed E-state index contributed by atoms with van der Waals surface area (Å²) in [6.45, 7) is 6.26. The number of fused-ring (bicyclic) bond motifs is 1. The molecule has 7 heteroatoms. The predicted octanol–water partition coefficient (Wildman–Crippen LogP) is 1.88. The second-order valence-corrected chi connectivity index (χ2v) is 8.47. The SMILES string of the molecule is CN1CCC(CNC(=O)Nc2cnc3c(c2)CCCC3)(N2CCOCC2)CC1. The topological polar surface area (TPSA) is 69.7 Å². The molecule has 2 fully saturated rings. The highest BCUT2D eigenvalue weighted by molar-refractivity contribution is 5.89. The van der Waals surface area contributed by atoms with Crippen molar-refractivity contribution >= 4 is 11.7 Å². The Hall–Kier alpha value is -1.70. The quantitative estimate of drug-likeness (QED) is 0.826. The highest BCUT2D eigenvalue weighted by Gasteiger charge is 2.40. The lowest BCUT2D eigenvalue weighted by atomic mass is 9.85. The van der Waals surface area contributed by atoms with Gasteiger partial charge in [-0.1, -0.05) is 0 Å². The van der Waals surface area contributed by atoms with Crippen LogP contribution in [-0.4, -0.2) is 79.3 Å². The number of hydrogen-bond donors (Lipinski definition) is 2. The normalized spacial score (nSPS) is 23.0. The number of carbonyl (C=O) groups excluding carboxylic acids is 1. The minimum absolute atomic E-state index is 0.0295. The summed E-state index contributed by atoms with van der Waals surface area (Å²) in [4.78, 5) is 22.1. The van der Waals surface area contributed by atoms with Crippen LogP contribution in [0.3, 0.4) is 0 Å². The number of carbonyl (C=O) groups is 1. The van der Waals surface area contributed by atoms with Crippen LogP contribution in [0.5, 0.6) is 0 Å². The van der Waals surface area contributed by atoms with Crippen molar-refractivity contribution in [1.29, 1.82) is 0 Å². The van der Waals surface area contributed by atoms with Gasteiger partial charge >= 0.3 is 6.03 Å². The van der Waals surface area contributed by atoms with Crippen molar-refractivity contribution in [3.63, 3.8) is 0 Å². The molecule has 1 aromatic rings. The Balaban J connectivity index is 1.37. The second kappa shape index (κ2) is 8.76. The van der Waals surface area contributed by atoms with E-state index in [0.29, 0.717) is 6.54 Å². The number of aromatic nitrogens is 1. The van der Waals surface area contributed by atoms with Gasteiger partial charge in [0.15, 0.2) is 0 Å². The van der Waals surface area contributed by atoms with Gasteiger partial charge in [0.2, 0.25) is 0 Å². The molecule has 4 rings (SSSR count). The van der Waals surface area contributed by atoms with Crippen LogP contribution in [0.1, 0.15) is 36.9 Å². The van der Waals surface area contributed by atoms with E-state index in [1.807, 2.05) is 0 Å². The second-order valence-electron chi connectivity index (χ2n) is 8.47. The molecule has 28 heavy (non-hydrogen) atoms.